The van der Waals surface area contributed by atoms with E-state index in [2.05, 4.69) is 37.8 Å². The Morgan fingerprint density at radius 2 is 2.11 bits per heavy atom. The quantitative estimate of drug-likeness (QED) is 0.903. The van der Waals surface area contributed by atoms with E-state index in [1.165, 1.54) is 5.56 Å². The van der Waals surface area contributed by atoms with Gasteiger partial charge in [-0.15, -0.1) is 0 Å². The third kappa shape index (κ3) is 2.34. The van der Waals surface area contributed by atoms with Crippen LogP contribution >= 0.6 is 0 Å². The van der Waals surface area contributed by atoms with Crippen LogP contribution in [0.25, 0.3) is 0 Å². The first-order valence-corrected chi connectivity index (χ1v) is 6.99. The Balaban J connectivity index is 2.56. The largest absolute Gasteiger partial charge is 0.480 e. The minimum atomic E-state index is -0.736. The number of carbonyl (C=O) groups is 1. The maximum Gasteiger partial charge on any atom is 0.326 e. The van der Waals surface area contributed by atoms with E-state index < -0.39 is 12.0 Å². The molecule has 3 heteroatoms. The predicted molar refractivity (Wildman–Crippen MR) is 77.7 cm³/mol. The first kappa shape index (κ1) is 13.9. The summed E-state index contributed by atoms with van der Waals surface area (Å²) in [5, 5.41) is 9.51. The van der Waals surface area contributed by atoms with E-state index in [9.17, 15) is 9.90 Å². The van der Waals surface area contributed by atoms with Crippen molar-refractivity contribution in [3.8, 4) is 0 Å². The van der Waals surface area contributed by atoms with Gasteiger partial charge in [0, 0.05) is 11.2 Å². The van der Waals surface area contributed by atoms with Gasteiger partial charge in [-0.1, -0.05) is 32.0 Å². The van der Waals surface area contributed by atoms with Gasteiger partial charge >= 0.3 is 5.97 Å². The van der Waals surface area contributed by atoms with Crippen molar-refractivity contribution >= 4 is 11.7 Å². The lowest BCUT2D eigenvalue weighted by atomic mass is 9.79. The lowest BCUT2D eigenvalue weighted by Gasteiger charge is -2.50. The molecule has 0 saturated carbocycles. The molecule has 0 unspecified atom stereocenters. The molecule has 1 aromatic rings. The molecule has 0 aliphatic carbocycles. The Hall–Kier alpha value is -1.51. The van der Waals surface area contributed by atoms with Gasteiger partial charge in [0.15, 0.2) is 0 Å². The van der Waals surface area contributed by atoms with Crippen molar-refractivity contribution in [1.29, 1.82) is 0 Å². The van der Waals surface area contributed by atoms with Crippen molar-refractivity contribution in [2.45, 2.75) is 58.0 Å². The molecule has 0 radical (unpaired) electrons. The van der Waals surface area contributed by atoms with Crippen molar-refractivity contribution in [2.24, 2.45) is 0 Å². The van der Waals surface area contributed by atoms with E-state index in [0.717, 1.165) is 12.1 Å². The minimum absolute atomic E-state index is 0.132. The van der Waals surface area contributed by atoms with Gasteiger partial charge in [0.05, 0.1) is 0 Å². The standard InChI is InChI=1S/C16H23NO2/c1-5-13(15(18)19)17-14-9-7-6-8-12(14)11(2)10-16(17,3)4/h6-9,11,13H,5,10H2,1-4H3,(H,18,19)/t11-,13-/m0/s1. The molecule has 0 amide bonds. The van der Waals surface area contributed by atoms with Crippen molar-refractivity contribution in [3.05, 3.63) is 29.8 Å². The fraction of sp³-hybridized carbons (Fsp3) is 0.562. The SMILES string of the molecule is CC[C@@H](C(=O)O)N1c2ccccc2[C@@H](C)CC1(C)C. The molecule has 0 bridgehead atoms. The molecule has 19 heavy (non-hydrogen) atoms. The summed E-state index contributed by atoms with van der Waals surface area (Å²) in [7, 11) is 0. The lowest BCUT2D eigenvalue weighted by molar-refractivity contribution is -0.139. The number of aliphatic carboxylic acids is 1. The molecule has 1 aliphatic rings. The van der Waals surface area contributed by atoms with E-state index in [-0.39, 0.29) is 5.54 Å². The van der Waals surface area contributed by atoms with Crippen LogP contribution in [0.1, 0.15) is 52.0 Å². The van der Waals surface area contributed by atoms with Gasteiger partial charge in [-0.2, -0.15) is 0 Å². The Bertz CT molecular complexity index is 481. The second-order valence-electron chi connectivity index (χ2n) is 6.11. The second-order valence-corrected chi connectivity index (χ2v) is 6.11. The maximum atomic E-state index is 11.6. The predicted octanol–water partition coefficient (Wildman–Crippen LogP) is 3.64. The Morgan fingerprint density at radius 3 is 2.68 bits per heavy atom. The van der Waals surface area contributed by atoms with Crippen LogP contribution in [0, 0.1) is 0 Å². The van der Waals surface area contributed by atoms with Crippen molar-refractivity contribution in [1.82, 2.24) is 0 Å². The Kier molecular flexibility index (Phi) is 3.57. The van der Waals surface area contributed by atoms with Crippen LogP contribution in [0.3, 0.4) is 0 Å². The van der Waals surface area contributed by atoms with E-state index in [1.807, 2.05) is 19.1 Å². The number of anilines is 1. The van der Waals surface area contributed by atoms with Gasteiger partial charge in [-0.25, -0.2) is 4.79 Å². The highest BCUT2D eigenvalue weighted by Gasteiger charge is 2.41. The Morgan fingerprint density at radius 1 is 1.47 bits per heavy atom. The summed E-state index contributed by atoms with van der Waals surface area (Å²) in [6, 6.07) is 7.75. The highest BCUT2D eigenvalue weighted by atomic mass is 16.4. The fourth-order valence-electron chi connectivity index (χ4n) is 3.46. The fourth-order valence-corrected chi connectivity index (χ4v) is 3.46. The topological polar surface area (TPSA) is 40.5 Å². The molecule has 0 saturated heterocycles. The average molecular weight is 261 g/mol. The number of benzene rings is 1. The van der Waals surface area contributed by atoms with Crippen LogP contribution < -0.4 is 4.90 Å². The number of fused-ring (bicyclic) bond motifs is 1. The molecule has 2 rings (SSSR count). The maximum absolute atomic E-state index is 11.6. The van der Waals surface area contributed by atoms with E-state index in [4.69, 9.17) is 0 Å². The third-order valence-corrected chi connectivity index (χ3v) is 4.17. The normalized spacial score (nSPS) is 22.7. The number of hydrogen-bond acceptors (Lipinski definition) is 2. The van der Waals surface area contributed by atoms with E-state index in [0.29, 0.717) is 12.3 Å². The number of para-hydroxylation sites is 1. The van der Waals surface area contributed by atoms with Gasteiger partial charge in [0.25, 0.3) is 0 Å². The number of hydrogen-bond donors (Lipinski definition) is 1. The molecular formula is C16H23NO2. The zero-order chi connectivity index (χ0) is 14.2. The molecule has 1 heterocycles. The molecule has 0 aromatic heterocycles. The molecule has 2 atom stereocenters. The van der Waals surface area contributed by atoms with Gasteiger partial charge in [0.1, 0.15) is 6.04 Å². The van der Waals surface area contributed by atoms with Gasteiger partial charge < -0.3 is 10.0 Å². The first-order chi connectivity index (χ1) is 8.88. The summed E-state index contributed by atoms with van der Waals surface area (Å²) in [5.74, 6) is -0.270. The molecule has 1 aromatic carbocycles. The summed E-state index contributed by atoms with van der Waals surface area (Å²) in [6.07, 6.45) is 1.59. The Labute approximate surface area is 115 Å². The van der Waals surface area contributed by atoms with Gasteiger partial charge in [0.2, 0.25) is 0 Å². The first-order valence-electron chi connectivity index (χ1n) is 6.99. The van der Waals surface area contributed by atoms with Crippen LogP contribution in [0.5, 0.6) is 0 Å². The highest BCUT2D eigenvalue weighted by molar-refractivity contribution is 5.80. The molecule has 104 valence electrons. The zero-order valence-electron chi connectivity index (χ0n) is 12.2. The summed E-state index contributed by atoms with van der Waals surface area (Å²) >= 11 is 0. The molecule has 0 spiro atoms. The average Bonchev–Trinajstić information content (AvgIpc) is 2.33. The third-order valence-electron chi connectivity index (χ3n) is 4.17. The lowest BCUT2D eigenvalue weighted by Crippen LogP contribution is -2.56. The highest BCUT2D eigenvalue weighted by Crippen LogP contribution is 2.44. The van der Waals surface area contributed by atoms with Crippen molar-refractivity contribution < 1.29 is 9.90 Å². The summed E-state index contributed by atoms with van der Waals surface area (Å²) in [4.78, 5) is 13.7. The smallest absolute Gasteiger partial charge is 0.326 e. The van der Waals surface area contributed by atoms with Crippen LogP contribution in [0.15, 0.2) is 24.3 Å². The van der Waals surface area contributed by atoms with Crippen LogP contribution in [0.4, 0.5) is 5.69 Å². The van der Waals surface area contributed by atoms with Crippen LogP contribution in [-0.2, 0) is 4.79 Å². The number of nitrogens with zero attached hydrogens (tertiary/aromatic N) is 1. The van der Waals surface area contributed by atoms with E-state index >= 15 is 0 Å². The van der Waals surface area contributed by atoms with Gasteiger partial charge in [-0.3, -0.25) is 0 Å². The number of carboxylic acid groups (broad SMARTS) is 1. The van der Waals surface area contributed by atoms with Crippen molar-refractivity contribution in [3.63, 3.8) is 0 Å². The molecule has 3 nitrogen and oxygen atoms in total. The summed E-state index contributed by atoms with van der Waals surface area (Å²) < 4.78 is 0. The zero-order valence-corrected chi connectivity index (χ0v) is 12.2. The number of carboxylic acids is 1. The van der Waals surface area contributed by atoms with Gasteiger partial charge in [-0.05, 0) is 44.2 Å². The molecule has 1 N–H and O–H groups in total. The summed E-state index contributed by atoms with van der Waals surface area (Å²) in [5.41, 5.74) is 2.22. The minimum Gasteiger partial charge on any atom is -0.480 e. The molecule has 1 aliphatic heterocycles. The number of rotatable bonds is 3. The van der Waals surface area contributed by atoms with Crippen molar-refractivity contribution in [2.75, 3.05) is 4.90 Å². The summed E-state index contributed by atoms with van der Waals surface area (Å²) in [6.45, 7) is 8.45. The van der Waals surface area contributed by atoms with Crippen LogP contribution in [0.2, 0.25) is 0 Å². The second kappa shape index (κ2) is 4.87. The monoisotopic (exact) mass is 261 g/mol. The molecule has 0 fully saturated rings. The van der Waals surface area contributed by atoms with Crippen LogP contribution in [-0.4, -0.2) is 22.7 Å². The van der Waals surface area contributed by atoms with E-state index in [1.54, 1.807) is 0 Å². The molecular weight excluding hydrogens is 238 g/mol.